The number of aryl methyl sites for hydroxylation is 3. The molecule has 46 heavy (non-hydrogen) atoms. The van der Waals surface area contributed by atoms with Gasteiger partial charge in [0.25, 0.3) is 0 Å². The molecular weight excluding hydrogens is 604 g/mol. The molecule has 0 aliphatic heterocycles. The van der Waals surface area contributed by atoms with E-state index in [1.54, 1.807) is 0 Å². The van der Waals surface area contributed by atoms with Crippen LogP contribution >= 0.6 is 0 Å². The zero-order valence-corrected chi connectivity index (χ0v) is 26.8. The van der Waals surface area contributed by atoms with Gasteiger partial charge in [-0.05, 0) is 50.0 Å². The molecule has 1 aromatic rings. The Labute approximate surface area is 267 Å². The summed E-state index contributed by atoms with van der Waals surface area (Å²) in [5.74, 6) is -5.22. The molecule has 0 radical (unpaired) electrons. The smallest absolute Gasteiger partial charge is 0.362 e. The summed E-state index contributed by atoms with van der Waals surface area (Å²) in [4.78, 5) is 57.3. The maximum absolute atomic E-state index is 11.6. The quantitative estimate of drug-likeness (QED) is 0.0357. The van der Waals surface area contributed by atoms with Crippen molar-refractivity contribution < 1.29 is 82.7 Å². The van der Waals surface area contributed by atoms with Gasteiger partial charge in [-0.25, -0.2) is 28.5 Å². The number of aromatic nitrogens is 1. The third-order valence-electron chi connectivity index (χ3n) is 8.45. The molecule has 0 aliphatic rings. The fraction of sp³-hybridized carbons (Fsp3) is 0.667. The predicted octanol–water partition coefficient (Wildman–Crippen LogP) is -4.09. The second-order valence-corrected chi connectivity index (χ2v) is 12.3. The van der Waals surface area contributed by atoms with E-state index in [1.807, 2.05) is 17.0 Å². The topological polar surface area (TPSA) is 329 Å². The van der Waals surface area contributed by atoms with Gasteiger partial charge in [-0.15, -0.1) is 0 Å². The van der Waals surface area contributed by atoms with E-state index in [4.69, 9.17) is 5.11 Å². The van der Waals surface area contributed by atoms with E-state index in [2.05, 4.69) is 28.7 Å². The summed E-state index contributed by atoms with van der Waals surface area (Å²) in [7, 11) is 0. The van der Waals surface area contributed by atoms with Crippen LogP contribution in [0, 0.1) is 0 Å². The molecule has 0 bridgehead atoms. The third-order valence-corrected chi connectivity index (χ3v) is 8.45. The van der Waals surface area contributed by atoms with Crippen LogP contribution in [0.15, 0.2) is 12.4 Å². The van der Waals surface area contributed by atoms with Crippen LogP contribution in [-0.4, -0.2) is 85.6 Å². The van der Waals surface area contributed by atoms with E-state index in [9.17, 15) is 44.4 Å². The van der Waals surface area contributed by atoms with Gasteiger partial charge < -0.3 is 54.2 Å². The Morgan fingerprint density at radius 3 is 1.26 bits per heavy atom. The average molecular weight is 661 g/mol. The molecule has 260 valence electrons. The molecule has 16 heteroatoms. The van der Waals surface area contributed by atoms with Crippen LogP contribution < -0.4 is 33.2 Å². The molecule has 0 spiro atoms. The normalized spacial score (nSPS) is 15.3. The molecule has 1 aromatic heterocycles. The number of hydrogen-bond acceptors (Lipinski definition) is 5. The molecule has 20 N–H and O–H groups in total. The number of carboxylic acid groups (broad SMARTS) is 5. The molecule has 0 fully saturated rings. The molecule has 0 aliphatic carbocycles. The SMILES string of the molecule is [NH3+]C(CCCCC(CCC([NH3+])C(=O)O)c1c(CCC([NH3+])C(=O)O)c[n+](CCCCC([NH3+])C(=O)O)cc1CCC([NH3+])C(=O)O)C(=O)O. The maximum Gasteiger partial charge on any atom is 0.362 e. The summed E-state index contributed by atoms with van der Waals surface area (Å²) in [5.41, 5.74) is 21.2. The van der Waals surface area contributed by atoms with E-state index in [0.717, 1.165) is 16.7 Å². The Hall–Kier alpha value is -3.70. The highest BCUT2D eigenvalue weighted by Gasteiger charge is 2.29. The summed E-state index contributed by atoms with van der Waals surface area (Å²) in [5, 5.41) is 46.9. The number of nitrogens with zero attached hydrogens (tertiary/aromatic N) is 1. The van der Waals surface area contributed by atoms with Crippen LogP contribution in [0.5, 0.6) is 0 Å². The van der Waals surface area contributed by atoms with Crippen LogP contribution in [0.4, 0.5) is 0 Å². The maximum atomic E-state index is 11.6. The molecule has 6 unspecified atom stereocenters. The van der Waals surface area contributed by atoms with E-state index >= 15 is 0 Å². The molecule has 16 nitrogen and oxygen atoms in total. The van der Waals surface area contributed by atoms with Crippen molar-refractivity contribution in [1.29, 1.82) is 0 Å². The minimum Gasteiger partial charge on any atom is -0.477 e. The van der Waals surface area contributed by atoms with Crippen LogP contribution in [0.25, 0.3) is 0 Å². The zero-order valence-electron chi connectivity index (χ0n) is 26.8. The molecule has 0 saturated carbocycles. The highest BCUT2D eigenvalue weighted by atomic mass is 16.4. The number of carbonyl (C=O) groups is 5. The largest absolute Gasteiger partial charge is 0.477 e. The monoisotopic (exact) mass is 660 g/mol. The lowest BCUT2D eigenvalue weighted by Gasteiger charge is -2.24. The Bertz CT molecular complexity index is 1140. The number of pyridine rings is 1. The molecule has 1 heterocycles. The lowest BCUT2D eigenvalue weighted by Crippen LogP contribution is -2.65. The van der Waals surface area contributed by atoms with Crippen LogP contribution in [0.2, 0.25) is 0 Å². The van der Waals surface area contributed by atoms with Gasteiger partial charge in [0.1, 0.15) is 6.54 Å². The van der Waals surface area contributed by atoms with Crippen LogP contribution in [0.3, 0.4) is 0 Å². The third kappa shape index (κ3) is 14.6. The van der Waals surface area contributed by atoms with Gasteiger partial charge in [-0.1, -0.05) is 6.42 Å². The number of rotatable bonds is 25. The molecular formula is C30H56N6O10+6. The Morgan fingerprint density at radius 1 is 0.500 bits per heavy atom. The first-order valence-corrected chi connectivity index (χ1v) is 15.9. The Balaban J connectivity index is 3.59. The van der Waals surface area contributed by atoms with Crippen molar-refractivity contribution in [3.8, 4) is 0 Å². The summed E-state index contributed by atoms with van der Waals surface area (Å²) in [6.07, 6.45) is 9.69. The fourth-order valence-electron chi connectivity index (χ4n) is 5.41. The predicted molar refractivity (Wildman–Crippen MR) is 159 cm³/mol. The number of hydrogen-bond donors (Lipinski definition) is 10. The van der Waals surface area contributed by atoms with Crippen molar-refractivity contribution in [2.45, 2.75) is 126 Å². The summed E-state index contributed by atoms with van der Waals surface area (Å²) < 4.78 is 1.96. The van der Waals surface area contributed by atoms with E-state index in [-0.39, 0.29) is 25.2 Å². The van der Waals surface area contributed by atoms with Crippen LogP contribution in [-0.2, 0) is 43.4 Å². The molecule has 6 atom stereocenters. The molecule has 0 aromatic carbocycles. The summed E-state index contributed by atoms with van der Waals surface area (Å²) in [6.45, 7) is 0.538. The molecule has 1 rings (SSSR count). The lowest BCUT2D eigenvalue weighted by molar-refractivity contribution is -0.698. The van der Waals surface area contributed by atoms with E-state index < -0.39 is 60.1 Å². The Kier molecular flexibility index (Phi) is 17.9. The minimum atomic E-state index is -1.04. The van der Waals surface area contributed by atoms with Gasteiger partial charge >= 0.3 is 29.8 Å². The van der Waals surface area contributed by atoms with E-state index in [1.165, 1.54) is 0 Å². The first-order valence-electron chi connectivity index (χ1n) is 15.9. The van der Waals surface area contributed by atoms with Crippen molar-refractivity contribution in [2.75, 3.05) is 0 Å². The van der Waals surface area contributed by atoms with Gasteiger partial charge in [0, 0.05) is 49.7 Å². The number of unbranched alkanes of at least 4 members (excludes halogenated alkanes) is 2. The van der Waals surface area contributed by atoms with Gasteiger partial charge in [0.2, 0.25) is 0 Å². The number of quaternary nitrogens is 5. The van der Waals surface area contributed by atoms with Crippen molar-refractivity contribution in [3.63, 3.8) is 0 Å². The second-order valence-electron chi connectivity index (χ2n) is 12.3. The van der Waals surface area contributed by atoms with Crippen molar-refractivity contribution in [2.24, 2.45) is 0 Å². The highest BCUT2D eigenvalue weighted by Crippen LogP contribution is 2.34. The number of aliphatic carboxylic acids is 5. The first kappa shape index (κ1) is 40.3. The van der Waals surface area contributed by atoms with Crippen molar-refractivity contribution in [3.05, 3.63) is 29.1 Å². The Morgan fingerprint density at radius 2 is 0.848 bits per heavy atom. The standard InChI is InChI=1S/C30H50N6O10/c31-20(26(37)38)6-2-1-5-17(8-11-22(33)28(41)42)25-18(9-12-23(34)29(43)44)15-36(14-4-3-7-21(32)27(39)40)16-19(25)10-13-24(35)30(45)46/h15-17,20-24H,1-14,31-35H2,(H4-,37,38,39,40,41,42,43,44,45,46)/p+6. The van der Waals surface area contributed by atoms with Crippen molar-refractivity contribution >= 4 is 29.8 Å². The fourth-order valence-corrected chi connectivity index (χ4v) is 5.41. The minimum absolute atomic E-state index is 0.181. The van der Waals surface area contributed by atoms with Gasteiger partial charge in [0.15, 0.2) is 42.6 Å². The lowest BCUT2D eigenvalue weighted by atomic mass is 9.81. The molecule has 0 amide bonds. The van der Waals surface area contributed by atoms with E-state index in [0.29, 0.717) is 70.8 Å². The van der Waals surface area contributed by atoms with Crippen molar-refractivity contribution in [1.82, 2.24) is 0 Å². The second kappa shape index (κ2) is 20.4. The van der Waals surface area contributed by atoms with Gasteiger partial charge in [-0.2, -0.15) is 0 Å². The summed E-state index contributed by atoms with van der Waals surface area (Å²) in [6, 6.07) is -4.06. The van der Waals surface area contributed by atoms with Gasteiger partial charge in [-0.3, -0.25) is 0 Å². The summed E-state index contributed by atoms with van der Waals surface area (Å²) >= 11 is 0. The zero-order chi connectivity index (χ0) is 35.0. The van der Waals surface area contributed by atoms with Gasteiger partial charge in [0.05, 0.1) is 0 Å². The first-order chi connectivity index (χ1) is 21.5. The number of carboxylic acids is 5. The molecule has 0 saturated heterocycles. The van der Waals surface area contributed by atoms with Crippen LogP contribution in [0.1, 0.15) is 93.2 Å². The average Bonchev–Trinajstić information content (AvgIpc) is 2.99. The highest BCUT2D eigenvalue weighted by molar-refractivity contribution is 5.72.